The summed E-state index contributed by atoms with van der Waals surface area (Å²) in [4.78, 5) is 38.2. The van der Waals surface area contributed by atoms with Gasteiger partial charge in [-0.1, -0.05) is 63.2 Å². The molecule has 1 heterocycles. The van der Waals surface area contributed by atoms with Gasteiger partial charge in [0, 0.05) is 27.9 Å². The Labute approximate surface area is 226 Å². The first-order valence-electron chi connectivity index (χ1n) is 12.6. The average molecular weight is 517 g/mol. The molecule has 1 aromatic heterocycles. The van der Waals surface area contributed by atoms with E-state index in [1.54, 1.807) is 60.7 Å². The van der Waals surface area contributed by atoms with Crippen LogP contribution in [0.4, 0.5) is 11.4 Å². The van der Waals surface area contributed by atoms with Crippen molar-refractivity contribution in [1.82, 2.24) is 0 Å². The molecule has 6 heteroatoms. The highest BCUT2D eigenvalue weighted by Crippen LogP contribution is 2.24. The SMILES string of the molecule is CC(C)(C)c1ccc(C(=O)Nc2ccc(NC(=O)c3cccc(-c4cc5ccccc5oc4=O)c3)cc2)cc1. The highest BCUT2D eigenvalue weighted by Gasteiger charge is 2.15. The molecule has 4 aromatic carbocycles. The van der Waals surface area contributed by atoms with E-state index in [0.717, 1.165) is 10.9 Å². The minimum Gasteiger partial charge on any atom is -0.422 e. The Bertz CT molecular complexity index is 1730. The summed E-state index contributed by atoms with van der Waals surface area (Å²) in [6, 6.07) is 30.4. The third-order valence-electron chi connectivity index (χ3n) is 6.49. The van der Waals surface area contributed by atoms with Crippen molar-refractivity contribution in [3.05, 3.63) is 130 Å². The van der Waals surface area contributed by atoms with E-state index in [0.29, 0.717) is 39.2 Å². The smallest absolute Gasteiger partial charge is 0.344 e. The van der Waals surface area contributed by atoms with Crippen LogP contribution < -0.4 is 16.3 Å². The molecule has 0 unspecified atom stereocenters. The molecule has 39 heavy (non-hydrogen) atoms. The molecular weight excluding hydrogens is 488 g/mol. The molecule has 5 aromatic rings. The average Bonchev–Trinajstić information content (AvgIpc) is 2.93. The van der Waals surface area contributed by atoms with Crippen molar-refractivity contribution in [2.24, 2.45) is 0 Å². The van der Waals surface area contributed by atoms with Crippen LogP contribution in [-0.4, -0.2) is 11.8 Å². The van der Waals surface area contributed by atoms with Crippen molar-refractivity contribution in [2.75, 3.05) is 10.6 Å². The zero-order chi connectivity index (χ0) is 27.6. The lowest BCUT2D eigenvalue weighted by molar-refractivity contribution is 0.101. The first kappa shape index (κ1) is 25.7. The van der Waals surface area contributed by atoms with Crippen LogP contribution in [0.15, 0.2) is 112 Å². The predicted octanol–water partition coefficient (Wildman–Crippen LogP) is 7.26. The van der Waals surface area contributed by atoms with E-state index in [2.05, 4.69) is 31.4 Å². The minimum atomic E-state index is -0.464. The number of amides is 2. The standard InChI is InChI=1S/C33H28N2O4/c1-33(2,3)25-13-11-21(12-14-25)30(36)34-26-15-17-27(18-16-26)35-31(37)24-9-6-8-22(19-24)28-20-23-7-4-5-10-29(23)39-32(28)38/h4-20H,1-3H3,(H,34,36)(H,35,37). The molecule has 0 spiro atoms. The summed E-state index contributed by atoms with van der Waals surface area (Å²) >= 11 is 0. The van der Waals surface area contributed by atoms with Crippen molar-refractivity contribution in [2.45, 2.75) is 26.2 Å². The first-order valence-corrected chi connectivity index (χ1v) is 12.6. The summed E-state index contributed by atoms with van der Waals surface area (Å²) in [7, 11) is 0. The fraction of sp³-hybridized carbons (Fsp3) is 0.121. The van der Waals surface area contributed by atoms with Gasteiger partial charge in [-0.3, -0.25) is 9.59 Å². The molecule has 0 saturated heterocycles. The van der Waals surface area contributed by atoms with Crippen molar-refractivity contribution < 1.29 is 14.0 Å². The van der Waals surface area contributed by atoms with Crippen LogP contribution >= 0.6 is 0 Å². The summed E-state index contributed by atoms with van der Waals surface area (Å²) in [6.07, 6.45) is 0. The van der Waals surface area contributed by atoms with E-state index in [4.69, 9.17) is 4.42 Å². The predicted molar refractivity (Wildman–Crippen MR) is 155 cm³/mol. The van der Waals surface area contributed by atoms with Gasteiger partial charge >= 0.3 is 5.63 Å². The van der Waals surface area contributed by atoms with Gasteiger partial charge in [0.2, 0.25) is 0 Å². The zero-order valence-electron chi connectivity index (χ0n) is 21.9. The molecular formula is C33H28N2O4. The number of carbonyl (C=O) groups is 2. The van der Waals surface area contributed by atoms with Crippen molar-refractivity contribution in [1.29, 1.82) is 0 Å². The summed E-state index contributed by atoms with van der Waals surface area (Å²) in [5, 5.41) is 6.54. The molecule has 0 aliphatic carbocycles. The molecule has 0 fully saturated rings. The number of para-hydroxylation sites is 1. The van der Waals surface area contributed by atoms with Gasteiger partial charge in [-0.2, -0.15) is 0 Å². The van der Waals surface area contributed by atoms with E-state index in [1.165, 1.54) is 0 Å². The van der Waals surface area contributed by atoms with E-state index < -0.39 is 5.63 Å². The fourth-order valence-electron chi connectivity index (χ4n) is 4.26. The maximum absolute atomic E-state index is 13.0. The van der Waals surface area contributed by atoms with E-state index >= 15 is 0 Å². The Morgan fingerprint density at radius 3 is 1.92 bits per heavy atom. The quantitative estimate of drug-likeness (QED) is 0.241. The fourth-order valence-corrected chi connectivity index (χ4v) is 4.26. The van der Waals surface area contributed by atoms with Crippen LogP contribution in [0.2, 0.25) is 0 Å². The van der Waals surface area contributed by atoms with Gasteiger partial charge in [-0.15, -0.1) is 0 Å². The van der Waals surface area contributed by atoms with Gasteiger partial charge in [0.15, 0.2) is 0 Å². The number of hydrogen-bond acceptors (Lipinski definition) is 4. The topological polar surface area (TPSA) is 88.4 Å². The molecule has 0 atom stereocenters. The van der Waals surface area contributed by atoms with Crippen LogP contribution in [0.3, 0.4) is 0 Å². The van der Waals surface area contributed by atoms with Gasteiger partial charge in [0.25, 0.3) is 11.8 Å². The summed E-state index contributed by atoms with van der Waals surface area (Å²) < 4.78 is 5.44. The minimum absolute atomic E-state index is 0.0157. The first-order chi connectivity index (χ1) is 18.7. The zero-order valence-corrected chi connectivity index (χ0v) is 21.9. The number of fused-ring (bicyclic) bond motifs is 1. The van der Waals surface area contributed by atoms with Crippen molar-refractivity contribution in [3.8, 4) is 11.1 Å². The third-order valence-corrected chi connectivity index (χ3v) is 6.49. The van der Waals surface area contributed by atoms with Gasteiger partial charge in [0.05, 0.1) is 5.56 Å². The molecule has 194 valence electrons. The molecule has 0 saturated carbocycles. The normalized spacial score (nSPS) is 11.3. The Hall–Kier alpha value is -4.97. The Morgan fingerprint density at radius 1 is 0.667 bits per heavy atom. The number of benzene rings is 4. The van der Waals surface area contributed by atoms with Gasteiger partial charge in [-0.05, 0) is 77.2 Å². The molecule has 0 aliphatic rings. The number of hydrogen-bond donors (Lipinski definition) is 2. The Morgan fingerprint density at radius 2 is 1.28 bits per heavy atom. The third kappa shape index (κ3) is 5.80. The number of carbonyl (C=O) groups excluding carboxylic acids is 2. The molecule has 0 aliphatic heterocycles. The van der Waals surface area contributed by atoms with Gasteiger partial charge < -0.3 is 15.1 Å². The highest BCUT2D eigenvalue weighted by molar-refractivity contribution is 6.06. The summed E-state index contributed by atoms with van der Waals surface area (Å²) in [5.74, 6) is -0.528. The van der Waals surface area contributed by atoms with Crippen LogP contribution in [0.25, 0.3) is 22.1 Å². The molecule has 2 amide bonds. The molecule has 6 nitrogen and oxygen atoms in total. The summed E-state index contributed by atoms with van der Waals surface area (Å²) in [6.45, 7) is 6.38. The van der Waals surface area contributed by atoms with E-state index in [1.807, 2.05) is 42.5 Å². The highest BCUT2D eigenvalue weighted by atomic mass is 16.4. The van der Waals surface area contributed by atoms with E-state index in [-0.39, 0.29) is 17.2 Å². The van der Waals surface area contributed by atoms with Gasteiger partial charge in [0.1, 0.15) is 5.58 Å². The van der Waals surface area contributed by atoms with Crippen LogP contribution in [-0.2, 0) is 5.41 Å². The second-order valence-electron chi connectivity index (χ2n) is 10.4. The van der Waals surface area contributed by atoms with Gasteiger partial charge in [-0.25, -0.2) is 4.79 Å². The second kappa shape index (κ2) is 10.4. The van der Waals surface area contributed by atoms with Crippen LogP contribution in [0.5, 0.6) is 0 Å². The largest absolute Gasteiger partial charge is 0.422 e. The number of rotatable bonds is 5. The maximum atomic E-state index is 13.0. The Kier molecular flexibility index (Phi) is 6.86. The summed E-state index contributed by atoms with van der Waals surface area (Å²) in [5.41, 5.74) is 4.36. The lowest BCUT2D eigenvalue weighted by Gasteiger charge is -2.19. The number of anilines is 2. The molecule has 0 bridgehead atoms. The maximum Gasteiger partial charge on any atom is 0.344 e. The molecule has 0 radical (unpaired) electrons. The second-order valence-corrected chi connectivity index (χ2v) is 10.4. The molecule has 2 N–H and O–H groups in total. The van der Waals surface area contributed by atoms with Crippen molar-refractivity contribution >= 4 is 34.2 Å². The Balaban J connectivity index is 1.26. The number of nitrogens with one attached hydrogen (secondary N) is 2. The van der Waals surface area contributed by atoms with Crippen LogP contribution in [0, 0.1) is 0 Å². The van der Waals surface area contributed by atoms with Crippen molar-refractivity contribution in [3.63, 3.8) is 0 Å². The monoisotopic (exact) mass is 516 g/mol. The lowest BCUT2D eigenvalue weighted by atomic mass is 9.87. The van der Waals surface area contributed by atoms with E-state index in [9.17, 15) is 14.4 Å². The lowest BCUT2D eigenvalue weighted by Crippen LogP contribution is -2.14. The molecule has 5 rings (SSSR count). The van der Waals surface area contributed by atoms with Crippen LogP contribution in [0.1, 0.15) is 47.1 Å².